The molecule has 88 valence electrons. The Hall–Kier alpha value is -2.33. The number of hydrogen-bond acceptors (Lipinski definition) is 5. The molecule has 0 fully saturated rings. The third kappa shape index (κ3) is 2.83. The van der Waals surface area contributed by atoms with Crippen LogP contribution in [0.5, 0.6) is 0 Å². The number of nitrogens with zero attached hydrogens (tertiary/aromatic N) is 2. The number of carbonyl (C=O) groups is 1. The Morgan fingerprint density at radius 3 is 2.76 bits per heavy atom. The highest BCUT2D eigenvalue weighted by molar-refractivity contribution is 6.32. The highest BCUT2D eigenvalue weighted by Gasteiger charge is 2.20. The number of anilines is 1. The average Bonchev–Trinajstić information content (AvgIpc) is 2.25. The van der Waals surface area contributed by atoms with Gasteiger partial charge in [0.05, 0.1) is 9.95 Å². The summed E-state index contributed by atoms with van der Waals surface area (Å²) in [7, 11) is 0. The molecule has 0 aliphatic heterocycles. The number of nitrogens with one attached hydrogen (secondary N) is 1. The predicted molar refractivity (Wildman–Crippen MR) is 58.9 cm³/mol. The Balaban J connectivity index is 3.30. The number of nitro benzene ring substituents is 1. The first-order valence-corrected chi connectivity index (χ1v) is 4.67. The van der Waals surface area contributed by atoms with Crippen molar-refractivity contribution in [2.45, 2.75) is 0 Å². The summed E-state index contributed by atoms with van der Waals surface area (Å²) in [4.78, 5) is 20.4. The van der Waals surface area contributed by atoms with Crippen LogP contribution in [0.2, 0.25) is 5.02 Å². The molecule has 0 heterocycles. The maximum atomic E-state index is 10.7. The Labute approximate surface area is 100 Å². The lowest BCUT2D eigenvalue weighted by Crippen LogP contribution is -2.14. The van der Waals surface area contributed by atoms with Crippen LogP contribution in [0.3, 0.4) is 0 Å². The standard InChI is InChI=1S/C9H6ClN3O4/c10-6-1-2-7(13(16)17)9(5(6)3-11)12-4-8(14)15/h1-2,12H,4H2,(H,14,15). The number of nitriles is 1. The molecule has 0 bridgehead atoms. The summed E-state index contributed by atoms with van der Waals surface area (Å²) in [6, 6.07) is 4.01. The molecule has 0 aliphatic carbocycles. The zero-order valence-electron chi connectivity index (χ0n) is 8.31. The molecule has 0 unspecified atom stereocenters. The van der Waals surface area contributed by atoms with Crippen LogP contribution in [0.15, 0.2) is 12.1 Å². The van der Waals surface area contributed by atoms with Crippen molar-refractivity contribution in [1.29, 1.82) is 5.26 Å². The second-order valence-corrected chi connectivity index (χ2v) is 3.34. The van der Waals surface area contributed by atoms with E-state index in [9.17, 15) is 14.9 Å². The van der Waals surface area contributed by atoms with E-state index in [1.807, 2.05) is 0 Å². The molecule has 0 saturated heterocycles. The molecule has 0 radical (unpaired) electrons. The van der Waals surface area contributed by atoms with Crippen molar-refractivity contribution < 1.29 is 14.8 Å². The first-order valence-electron chi connectivity index (χ1n) is 4.30. The molecule has 8 heteroatoms. The Morgan fingerprint density at radius 2 is 2.29 bits per heavy atom. The number of carboxylic acid groups (broad SMARTS) is 1. The van der Waals surface area contributed by atoms with Crippen molar-refractivity contribution in [2.75, 3.05) is 11.9 Å². The number of hydrogen-bond donors (Lipinski definition) is 2. The van der Waals surface area contributed by atoms with Crippen molar-refractivity contribution in [3.8, 4) is 6.07 Å². The second kappa shape index (κ2) is 5.14. The van der Waals surface area contributed by atoms with E-state index in [1.165, 1.54) is 6.07 Å². The fraction of sp³-hybridized carbons (Fsp3) is 0.111. The van der Waals surface area contributed by atoms with E-state index in [2.05, 4.69) is 5.32 Å². The van der Waals surface area contributed by atoms with Gasteiger partial charge >= 0.3 is 5.97 Å². The van der Waals surface area contributed by atoms with Gasteiger partial charge in [0.2, 0.25) is 0 Å². The van der Waals surface area contributed by atoms with Gasteiger partial charge in [-0.05, 0) is 6.07 Å². The highest BCUT2D eigenvalue weighted by atomic mass is 35.5. The van der Waals surface area contributed by atoms with E-state index in [0.717, 1.165) is 6.07 Å². The van der Waals surface area contributed by atoms with Crippen LogP contribution in [0.25, 0.3) is 0 Å². The van der Waals surface area contributed by atoms with Gasteiger partial charge in [0.15, 0.2) is 0 Å². The molecule has 1 rings (SSSR count). The molecule has 1 aromatic rings. The lowest BCUT2D eigenvalue weighted by Gasteiger charge is -2.07. The average molecular weight is 256 g/mol. The summed E-state index contributed by atoms with van der Waals surface area (Å²) in [5.74, 6) is -1.21. The summed E-state index contributed by atoms with van der Waals surface area (Å²) < 4.78 is 0. The van der Waals surface area contributed by atoms with Crippen LogP contribution in [-0.4, -0.2) is 22.5 Å². The van der Waals surface area contributed by atoms with Crippen LogP contribution in [0, 0.1) is 21.4 Å². The Kier molecular flexibility index (Phi) is 3.85. The number of aliphatic carboxylic acids is 1. The van der Waals surface area contributed by atoms with E-state index in [1.54, 1.807) is 6.07 Å². The quantitative estimate of drug-likeness (QED) is 0.624. The van der Waals surface area contributed by atoms with Gasteiger partial charge in [0.1, 0.15) is 23.9 Å². The molecule has 0 atom stereocenters. The fourth-order valence-electron chi connectivity index (χ4n) is 1.17. The first-order chi connectivity index (χ1) is 7.97. The zero-order valence-corrected chi connectivity index (χ0v) is 9.06. The van der Waals surface area contributed by atoms with E-state index in [-0.39, 0.29) is 16.3 Å². The zero-order chi connectivity index (χ0) is 13.0. The molecule has 7 nitrogen and oxygen atoms in total. The fourth-order valence-corrected chi connectivity index (χ4v) is 1.37. The van der Waals surface area contributed by atoms with Crippen molar-refractivity contribution >= 4 is 28.9 Å². The lowest BCUT2D eigenvalue weighted by atomic mass is 10.1. The maximum absolute atomic E-state index is 10.7. The number of benzene rings is 1. The second-order valence-electron chi connectivity index (χ2n) is 2.93. The Morgan fingerprint density at radius 1 is 1.65 bits per heavy atom. The van der Waals surface area contributed by atoms with Crippen LogP contribution in [0.4, 0.5) is 11.4 Å². The molecule has 2 N–H and O–H groups in total. The summed E-state index contributed by atoms with van der Waals surface area (Å²) in [5, 5.41) is 30.4. The smallest absolute Gasteiger partial charge is 0.322 e. The summed E-state index contributed by atoms with van der Waals surface area (Å²) in [6.07, 6.45) is 0. The molecule has 1 aromatic carbocycles. The van der Waals surface area contributed by atoms with Crippen molar-refractivity contribution in [3.63, 3.8) is 0 Å². The van der Waals surface area contributed by atoms with Crippen LogP contribution in [-0.2, 0) is 4.79 Å². The van der Waals surface area contributed by atoms with Gasteiger partial charge in [-0.3, -0.25) is 14.9 Å². The monoisotopic (exact) mass is 255 g/mol. The molecule has 0 aliphatic rings. The molecule has 0 spiro atoms. The molecular formula is C9H6ClN3O4. The van der Waals surface area contributed by atoms with Crippen molar-refractivity contribution in [2.24, 2.45) is 0 Å². The lowest BCUT2D eigenvalue weighted by molar-refractivity contribution is -0.384. The molecule has 0 aromatic heterocycles. The van der Waals surface area contributed by atoms with E-state index in [4.69, 9.17) is 22.0 Å². The van der Waals surface area contributed by atoms with Gasteiger partial charge in [-0.2, -0.15) is 5.26 Å². The van der Waals surface area contributed by atoms with Gasteiger partial charge in [-0.15, -0.1) is 0 Å². The van der Waals surface area contributed by atoms with Crippen molar-refractivity contribution in [3.05, 3.63) is 32.8 Å². The van der Waals surface area contributed by atoms with Crippen molar-refractivity contribution in [1.82, 2.24) is 0 Å². The van der Waals surface area contributed by atoms with E-state index >= 15 is 0 Å². The third-order valence-electron chi connectivity index (χ3n) is 1.86. The van der Waals surface area contributed by atoms with E-state index < -0.39 is 23.1 Å². The Bertz CT molecular complexity index is 524. The summed E-state index contributed by atoms with van der Waals surface area (Å²) in [5.41, 5.74) is -0.735. The van der Waals surface area contributed by atoms with Crippen LogP contribution < -0.4 is 5.32 Å². The molecule has 0 amide bonds. The SMILES string of the molecule is N#Cc1c(Cl)ccc([N+](=O)[O-])c1NCC(=O)O. The number of rotatable bonds is 4. The first kappa shape index (κ1) is 12.7. The molecule has 17 heavy (non-hydrogen) atoms. The minimum absolute atomic E-state index is 0.0194. The predicted octanol–water partition coefficient (Wildman–Crippen LogP) is 1.62. The largest absolute Gasteiger partial charge is 0.480 e. The molecular weight excluding hydrogens is 250 g/mol. The van der Waals surface area contributed by atoms with E-state index in [0.29, 0.717) is 0 Å². The van der Waals surface area contributed by atoms with Gasteiger partial charge in [-0.1, -0.05) is 11.6 Å². The van der Waals surface area contributed by atoms with Gasteiger partial charge in [0, 0.05) is 6.07 Å². The number of nitro groups is 1. The topological polar surface area (TPSA) is 116 Å². The summed E-state index contributed by atoms with van der Waals surface area (Å²) in [6.45, 7) is -0.546. The van der Waals surface area contributed by atoms with Crippen LogP contribution >= 0.6 is 11.6 Å². The number of carboxylic acids is 1. The van der Waals surface area contributed by atoms with Crippen LogP contribution in [0.1, 0.15) is 5.56 Å². The maximum Gasteiger partial charge on any atom is 0.322 e. The third-order valence-corrected chi connectivity index (χ3v) is 2.17. The number of halogens is 1. The normalized spacial score (nSPS) is 9.41. The summed E-state index contributed by atoms with van der Waals surface area (Å²) >= 11 is 5.69. The van der Waals surface area contributed by atoms with Gasteiger partial charge in [-0.25, -0.2) is 0 Å². The minimum atomic E-state index is -1.21. The molecule has 0 saturated carbocycles. The van der Waals surface area contributed by atoms with Gasteiger partial charge in [0.25, 0.3) is 5.69 Å². The minimum Gasteiger partial charge on any atom is -0.480 e. The van der Waals surface area contributed by atoms with Gasteiger partial charge < -0.3 is 10.4 Å². The highest BCUT2D eigenvalue weighted by Crippen LogP contribution is 2.32.